The quantitative estimate of drug-likeness (QED) is 0.651. The minimum atomic E-state index is -0.662. The van der Waals surface area contributed by atoms with E-state index in [9.17, 15) is 4.79 Å². The summed E-state index contributed by atoms with van der Waals surface area (Å²) in [7, 11) is 0. The van der Waals surface area contributed by atoms with E-state index in [4.69, 9.17) is 5.73 Å². The predicted octanol–water partition coefficient (Wildman–Crippen LogP) is 3.14. The van der Waals surface area contributed by atoms with Crippen LogP contribution in [0.5, 0.6) is 0 Å². The zero-order valence-electron chi connectivity index (χ0n) is 10.4. The molecular weight excluding hydrogens is 294 g/mol. The van der Waals surface area contributed by atoms with E-state index in [2.05, 4.69) is 26.5 Å². The van der Waals surface area contributed by atoms with Crippen LogP contribution in [0.1, 0.15) is 19.4 Å². The van der Waals surface area contributed by atoms with Crippen LogP contribution in [0.2, 0.25) is 0 Å². The summed E-state index contributed by atoms with van der Waals surface area (Å²) in [5.74, 6) is 0.198. The van der Waals surface area contributed by atoms with E-state index >= 15 is 0 Å². The van der Waals surface area contributed by atoms with Gasteiger partial charge in [-0.1, -0.05) is 48.0 Å². The third-order valence-electron chi connectivity index (χ3n) is 2.20. The number of nitrogens with one attached hydrogen (secondary N) is 1. The number of hydrogen-bond donors (Lipinski definition) is 2. The van der Waals surface area contributed by atoms with Gasteiger partial charge in [-0.2, -0.15) is 5.10 Å². The number of allylic oxidation sites excluding steroid dienone is 1. The second-order valence-electron chi connectivity index (χ2n) is 4.05. The Morgan fingerprint density at radius 2 is 2.00 bits per heavy atom. The van der Waals surface area contributed by atoms with Gasteiger partial charge in [-0.25, -0.2) is 10.2 Å². The second-order valence-corrected chi connectivity index (χ2v) is 4.97. The number of nitrogens with zero attached hydrogens (tertiary/aromatic N) is 1. The average Bonchev–Trinajstić information content (AvgIpc) is 2.30. The SMILES string of the molecule is CC(C)C(/C=C/c1ccc(Br)cc1)=N\NC(N)=O. The fourth-order valence-corrected chi connectivity index (χ4v) is 1.50. The number of hydrogen-bond acceptors (Lipinski definition) is 2. The molecule has 0 aliphatic heterocycles. The van der Waals surface area contributed by atoms with Gasteiger partial charge >= 0.3 is 6.03 Å². The van der Waals surface area contributed by atoms with E-state index in [1.165, 1.54) is 0 Å². The molecule has 1 rings (SSSR count). The number of carbonyl (C=O) groups excluding carboxylic acids is 1. The summed E-state index contributed by atoms with van der Waals surface area (Å²) in [6.07, 6.45) is 3.80. The third kappa shape index (κ3) is 5.14. The largest absolute Gasteiger partial charge is 0.350 e. The van der Waals surface area contributed by atoms with Crippen molar-refractivity contribution >= 4 is 33.7 Å². The van der Waals surface area contributed by atoms with Gasteiger partial charge in [0.15, 0.2) is 0 Å². The van der Waals surface area contributed by atoms with Crippen molar-refractivity contribution in [1.82, 2.24) is 5.43 Å². The van der Waals surface area contributed by atoms with E-state index in [1.807, 2.05) is 50.3 Å². The van der Waals surface area contributed by atoms with Crippen LogP contribution in [-0.2, 0) is 0 Å². The molecule has 0 aliphatic rings. The Balaban J connectivity index is 2.80. The van der Waals surface area contributed by atoms with Gasteiger partial charge in [-0.05, 0) is 29.7 Å². The summed E-state index contributed by atoms with van der Waals surface area (Å²) in [5, 5.41) is 3.95. The monoisotopic (exact) mass is 309 g/mol. The minimum absolute atomic E-state index is 0.198. The molecule has 0 saturated carbocycles. The molecule has 0 bridgehead atoms. The molecule has 0 heterocycles. The molecule has 0 fully saturated rings. The normalized spacial score (nSPS) is 12.1. The van der Waals surface area contributed by atoms with E-state index < -0.39 is 6.03 Å². The van der Waals surface area contributed by atoms with Crippen molar-refractivity contribution < 1.29 is 4.79 Å². The van der Waals surface area contributed by atoms with Crippen LogP contribution in [0.3, 0.4) is 0 Å². The number of amides is 2. The molecule has 0 spiro atoms. The van der Waals surface area contributed by atoms with Gasteiger partial charge in [0.2, 0.25) is 0 Å². The van der Waals surface area contributed by atoms with Crippen molar-refractivity contribution in [1.29, 1.82) is 0 Å². The lowest BCUT2D eigenvalue weighted by Gasteiger charge is -2.05. The molecule has 18 heavy (non-hydrogen) atoms. The lowest BCUT2D eigenvalue weighted by Crippen LogP contribution is -2.26. The Bertz CT molecular complexity index is 464. The van der Waals surface area contributed by atoms with Gasteiger partial charge in [-0.15, -0.1) is 0 Å². The van der Waals surface area contributed by atoms with E-state index in [0.29, 0.717) is 0 Å². The van der Waals surface area contributed by atoms with Crippen LogP contribution < -0.4 is 11.2 Å². The number of benzene rings is 1. The molecule has 5 heteroatoms. The van der Waals surface area contributed by atoms with Crippen molar-refractivity contribution in [2.75, 3.05) is 0 Å². The molecule has 0 saturated heterocycles. The van der Waals surface area contributed by atoms with Gasteiger partial charge in [0.05, 0.1) is 5.71 Å². The molecule has 0 aromatic heterocycles. The highest BCUT2D eigenvalue weighted by molar-refractivity contribution is 9.10. The molecule has 0 atom stereocenters. The number of urea groups is 1. The van der Waals surface area contributed by atoms with Crippen molar-refractivity contribution in [3.05, 3.63) is 40.4 Å². The Morgan fingerprint density at radius 1 is 1.39 bits per heavy atom. The van der Waals surface area contributed by atoms with E-state index in [0.717, 1.165) is 15.7 Å². The first-order chi connectivity index (χ1) is 8.49. The van der Waals surface area contributed by atoms with E-state index in [1.54, 1.807) is 0 Å². The molecule has 0 unspecified atom stereocenters. The van der Waals surface area contributed by atoms with Crippen LogP contribution >= 0.6 is 15.9 Å². The zero-order valence-corrected chi connectivity index (χ0v) is 11.9. The fourth-order valence-electron chi connectivity index (χ4n) is 1.23. The molecule has 4 nitrogen and oxygen atoms in total. The molecule has 1 aromatic carbocycles. The van der Waals surface area contributed by atoms with Crippen LogP contribution in [0, 0.1) is 5.92 Å². The smallest absolute Gasteiger partial charge is 0.332 e. The second kappa shape index (κ2) is 6.96. The van der Waals surface area contributed by atoms with E-state index in [-0.39, 0.29) is 5.92 Å². The predicted molar refractivity (Wildman–Crippen MR) is 78.2 cm³/mol. The van der Waals surface area contributed by atoms with Gasteiger partial charge in [0, 0.05) is 4.47 Å². The summed E-state index contributed by atoms with van der Waals surface area (Å²) in [5.41, 5.74) is 9.04. The number of hydrazone groups is 1. The lowest BCUT2D eigenvalue weighted by atomic mass is 10.1. The minimum Gasteiger partial charge on any atom is -0.350 e. The molecule has 3 N–H and O–H groups in total. The van der Waals surface area contributed by atoms with Crippen molar-refractivity contribution in [2.45, 2.75) is 13.8 Å². The number of nitrogens with two attached hydrogens (primary N) is 1. The summed E-state index contributed by atoms with van der Waals surface area (Å²) in [6.45, 7) is 3.99. The van der Waals surface area contributed by atoms with Crippen molar-refractivity contribution in [3.8, 4) is 0 Å². The van der Waals surface area contributed by atoms with Crippen molar-refractivity contribution in [2.24, 2.45) is 16.8 Å². The molecular formula is C13H16BrN3O. The van der Waals surface area contributed by atoms with Gasteiger partial charge in [-0.3, -0.25) is 0 Å². The Kier molecular flexibility index (Phi) is 5.58. The van der Waals surface area contributed by atoms with Gasteiger partial charge in [0.25, 0.3) is 0 Å². The van der Waals surface area contributed by atoms with Crippen molar-refractivity contribution in [3.63, 3.8) is 0 Å². The fraction of sp³-hybridized carbons (Fsp3) is 0.231. The first-order valence-corrected chi connectivity index (χ1v) is 6.35. The lowest BCUT2D eigenvalue weighted by molar-refractivity contribution is 0.249. The zero-order chi connectivity index (χ0) is 13.5. The Hall–Kier alpha value is -1.62. The molecule has 1 aromatic rings. The Labute approximate surface area is 115 Å². The van der Waals surface area contributed by atoms with Gasteiger partial charge < -0.3 is 5.73 Å². The highest BCUT2D eigenvalue weighted by Crippen LogP contribution is 2.12. The average molecular weight is 310 g/mol. The van der Waals surface area contributed by atoms with Crippen LogP contribution in [0.25, 0.3) is 6.08 Å². The summed E-state index contributed by atoms with van der Waals surface area (Å²) < 4.78 is 1.03. The maximum absolute atomic E-state index is 10.6. The summed E-state index contributed by atoms with van der Waals surface area (Å²) in [6, 6.07) is 7.24. The maximum Gasteiger partial charge on any atom is 0.332 e. The van der Waals surface area contributed by atoms with Crippen LogP contribution in [0.4, 0.5) is 4.79 Å². The van der Waals surface area contributed by atoms with Crippen LogP contribution in [-0.4, -0.2) is 11.7 Å². The number of rotatable bonds is 4. The highest BCUT2D eigenvalue weighted by atomic mass is 79.9. The molecule has 2 amide bonds. The molecule has 96 valence electrons. The van der Waals surface area contributed by atoms with Gasteiger partial charge in [0.1, 0.15) is 0 Å². The highest BCUT2D eigenvalue weighted by Gasteiger charge is 2.01. The molecule has 0 aliphatic carbocycles. The third-order valence-corrected chi connectivity index (χ3v) is 2.73. The number of carbonyl (C=O) groups is 1. The summed E-state index contributed by atoms with van der Waals surface area (Å²) >= 11 is 3.38. The number of primary amides is 1. The first kappa shape index (κ1) is 14.4. The maximum atomic E-state index is 10.6. The number of halogens is 1. The standard InChI is InChI=1S/C13H16BrN3O/c1-9(2)12(16-17-13(15)18)8-5-10-3-6-11(14)7-4-10/h3-9H,1-2H3,(H3,15,17,18)/b8-5+,16-12-. The Morgan fingerprint density at radius 3 is 2.50 bits per heavy atom. The topological polar surface area (TPSA) is 67.5 Å². The summed E-state index contributed by atoms with van der Waals surface area (Å²) in [4.78, 5) is 10.6. The first-order valence-electron chi connectivity index (χ1n) is 5.55. The van der Waals surface area contributed by atoms with Crippen LogP contribution in [0.15, 0.2) is 39.9 Å². The molecule has 0 radical (unpaired) electrons.